The number of sulfonamides is 1. The molecule has 20 heavy (non-hydrogen) atoms. The number of anilines is 1. The standard InChI is InChI=1S/C13H20N2O4S/c1-8(2)9(3)7-15-20(18,19)12-6-10(14)4-5-11(12)13(16)17/h4-6,8-9,15H,7,14H2,1-3H3,(H,16,17). The second-order valence-electron chi connectivity index (χ2n) is 5.13. The third kappa shape index (κ3) is 3.94. The predicted molar refractivity (Wildman–Crippen MR) is 77.0 cm³/mol. The molecular weight excluding hydrogens is 280 g/mol. The minimum atomic E-state index is -3.90. The van der Waals surface area contributed by atoms with E-state index >= 15 is 0 Å². The van der Waals surface area contributed by atoms with Crippen molar-refractivity contribution in [3.05, 3.63) is 23.8 Å². The fourth-order valence-electron chi connectivity index (χ4n) is 1.49. The SMILES string of the molecule is CC(C)C(C)CNS(=O)(=O)c1cc(N)ccc1C(=O)O. The molecule has 1 rings (SSSR count). The minimum absolute atomic E-state index is 0.138. The summed E-state index contributed by atoms with van der Waals surface area (Å²) in [6.07, 6.45) is 0. The Kier molecular flexibility index (Phi) is 5.13. The molecule has 7 heteroatoms. The topological polar surface area (TPSA) is 109 Å². The van der Waals surface area contributed by atoms with E-state index in [0.29, 0.717) is 5.92 Å². The number of benzene rings is 1. The van der Waals surface area contributed by atoms with Crippen molar-refractivity contribution in [2.24, 2.45) is 11.8 Å². The lowest BCUT2D eigenvalue weighted by Gasteiger charge is -2.17. The van der Waals surface area contributed by atoms with Crippen molar-refractivity contribution in [2.45, 2.75) is 25.7 Å². The molecule has 1 atom stereocenters. The fourth-order valence-corrected chi connectivity index (χ4v) is 2.87. The van der Waals surface area contributed by atoms with Crippen LogP contribution in [0.1, 0.15) is 31.1 Å². The van der Waals surface area contributed by atoms with E-state index in [1.165, 1.54) is 12.1 Å². The number of carbonyl (C=O) groups is 1. The van der Waals surface area contributed by atoms with Gasteiger partial charge in [-0.1, -0.05) is 20.8 Å². The number of nitrogens with two attached hydrogens (primary N) is 1. The molecule has 0 aliphatic rings. The van der Waals surface area contributed by atoms with Crippen molar-refractivity contribution >= 4 is 21.7 Å². The first-order valence-electron chi connectivity index (χ1n) is 6.27. The van der Waals surface area contributed by atoms with Gasteiger partial charge in [0.2, 0.25) is 10.0 Å². The lowest BCUT2D eigenvalue weighted by atomic mass is 9.99. The van der Waals surface area contributed by atoms with Gasteiger partial charge in [-0.15, -0.1) is 0 Å². The Morgan fingerprint density at radius 1 is 1.35 bits per heavy atom. The highest BCUT2D eigenvalue weighted by molar-refractivity contribution is 7.89. The average molecular weight is 300 g/mol. The summed E-state index contributed by atoms with van der Waals surface area (Å²) < 4.78 is 26.8. The van der Waals surface area contributed by atoms with Crippen LogP contribution < -0.4 is 10.5 Å². The lowest BCUT2D eigenvalue weighted by Crippen LogP contribution is -2.31. The van der Waals surface area contributed by atoms with Gasteiger partial charge in [-0.2, -0.15) is 0 Å². The molecule has 1 unspecified atom stereocenters. The van der Waals surface area contributed by atoms with Crippen LogP contribution in [0, 0.1) is 11.8 Å². The van der Waals surface area contributed by atoms with Crippen molar-refractivity contribution in [2.75, 3.05) is 12.3 Å². The summed E-state index contributed by atoms with van der Waals surface area (Å²) in [5, 5.41) is 9.05. The first-order valence-corrected chi connectivity index (χ1v) is 7.76. The van der Waals surface area contributed by atoms with Gasteiger partial charge in [-0.05, 0) is 30.0 Å². The summed E-state index contributed by atoms with van der Waals surface area (Å²) in [6.45, 7) is 6.14. The summed E-state index contributed by atoms with van der Waals surface area (Å²) >= 11 is 0. The number of nitrogen functional groups attached to an aromatic ring is 1. The Morgan fingerprint density at radius 2 is 1.95 bits per heavy atom. The Morgan fingerprint density at radius 3 is 2.45 bits per heavy atom. The van der Waals surface area contributed by atoms with Crippen molar-refractivity contribution in [3.63, 3.8) is 0 Å². The van der Waals surface area contributed by atoms with E-state index in [4.69, 9.17) is 10.8 Å². The third-order valence-corrected chi connectivity index (χ3v) is 4.72. The van der Waals surface area contributed by atoms with Crippen molar-refractivity contribution in [1.29, 1.82) is 0 Å². The summed E-state index contributed by atoms with van der Waals surface area (Å²) in [7, 11) is -3.90. The van der Waals surface area contributed by atoms with E-state index in [0.717, 1.165) is 6.07 Å². The summed E-state index contributed by atoms with van der Waals surface area (Å²) in [5.74, 6) is -0.848. The molecule has 0 aliphatic heterocycles. The Bertz CT molecular complexity index is 596. The highest BCUT2D eigenvalue weighted by Crippen LogP contribution is 2.20. The van der Waals surface area contributed by atoms with E-state index in [9.17, 15) is 13.2 Å². The molecule has 0 fully saturated rings. The summed E-state index contributed by atoms with van der Waals surface area (Å²) in [4.78, 5) is 10.8. The van der Waals surface area contributed by atoms with Gasteiger partial charge in [0.1, 0.15) is 0 Å². The van der Waals surface area contributed by atoms with Crippen LogP contribution in [0.25, 0.3) is 0 Å². The van der Waals surface area contributed by atoms with E-state index < -0.39 is 16.0 Å². The molecule has 0 aliphatic carbocycles. The molecule has 0 saturated carbocycles. The highest BCUT2D eigenvalue weighted by Gasteiger charge is 2.23. The minimum Gasteiger partial charge on any atom is -0.478 e. The maximum Gasteiger partial charge on any atom is 0.337 e. The zero-order valence-electron chi connectivity index (χ0n) is 11.8. The molecule has 0 heterocycles. The van der Waals surface area contributed by atoms with E-state index in [-0.39, 0.29) is 28.6 Å². The molecule has 4 N–H and O–H groups in total. The Hall–Kier alpha value is -1.60. The molecule has 0 radical (unpaired) electrons. The zero-order valence-corrected chi connectivity index (χ0v) is 12.6. The largest absolute Gasteiger partial charge is 0.478 e. The molecule has 0 amide bonds. The molecule has 1 aromatic rings. The molecule has 1 aromatic carbocycles. The normalized spacial score (nSPS) is 13.4. The van der Waals surface area contributed by atoms with Gasteiger partial charge >= 0.3 is 5.97 Å². The number of carboxylic acid groups (broad SMARTS) is 1. The molecule has 0 saturated heterocycles. The molecule has 112 valence electrons. The zero-order chi connectivity index (χ0) is 15.5. The second-order valence-corrected chi connectivity index (χ2v) is 6.87. The second kappa shape index (κ2) is 6.23. The van der Waals surface area contributed by atoms with Crippen LogP contribution in [0.15, 0.2) is 23.1 Å². The van der Waals surface area contributed by atoms with Crippen molar-refractivity contribution < 1.29 is 18.3 Å². The number of carboxylic acids is 1. The molecule has 6 nitrogen and oxygen atoms in total. The van der Waals surface area contributed by atoms with Crippen molar-refractivity contribution in [3.8, 4) is 0 Å². The highest BCUT2D eigenvalue weighted by atomic mass is 32.2. The summed E-state index contributed by atoms with van der Waals surface area (Å²) in [6, 6.07) is 3.71. The van der Waals surface area contributed by atoms with Gasteiger partial charge in [0.15, 0.2) is 0 Å². The van der Waals surface area contributed by atoms with Gasteiger partial charge in [0.05, 0.1) is 10.5 Å². The smallest absolute Gasteiger partial charge is 0.337 e. The third-order valence-electron chi connectivity index (χ3n) is 3.26. The molecule has 0 bridgehead atoms. The molecule has 0 spiro atoms. The number of hydrogen-bond donors (Lipinski definition) is 3. The van der Waals surface area contributed by atoms with E-state index in [2.05, 4.69) is 4.72 Å². The van der Waals surface area contributed by atoms with Gasteiger partial charge in [0, 0.05) is 12.2 Å². The van der Waals surface area contributed by atoms with E-state index in [1.54, 1.807) is 0 Å². The Labute approximate surface area is 119 Å². The van der Waals surface area contributed by atoms with Gasteiger partial charge in [-0.3, -0.25) is 0 Å². The van der Waals surface area contributed by atoms with Crippen LogP contribution in [0.2, 0.25) is 0 Å². The van der Waals surface area contributed by atoms with Crippen LogP contribution >= 0.6 is 0 Å². The first kappa shape index (κ1) is 16.5. The van der Waals surface area contributed by atoms with Crippen LogP contribution in [0.5, 0.6) is 0 Å². The number of rotatable bonds is 6. The van der Waals surface area contributed by atoms with Gasteiger partial charge < -0.3 is 10.8 Å². The quantitative estimate of drug-likeness (QED) is 0.690. The number of nitrogens with one attached hydrogen (secondary N) is 1. The van der Waals surface area contributed by atoms with Gasteiger partial charge in [-0.25, -0.2) is 17.9 Å². The van der Waals surface area contributed by atoms with E-state index in [1.807, 2.05) is 20.8 Å². The van der Waals surface area contributed by atoms with Crippen LogP contribution in [-0.4, -0.2) is 26.0 Å². The van der Waals surface area contributed by atoms with Crippen LogP contribution in [0.3, 0.4) is 0 Å². The van der Waals surface area contributed by atoms with Crippen molar-refractivity contribution in [1.82, 2.24) is 4.72 Å². The fraction of sp³-hybridized carbons (Fsp3) is 0.462. The first-order chi connectivity index (χ1) is 9.15. The predicted octanol–water partition coefficient (Wildman–Crippen LogP) is 1.54. The molecular formula is C13H20N2O4S. The lowest BCUT2D eigenvalue weighted by molar-refractivity contribution is 0.0692. The number of aromatic carboxylic acids is 1. The summed E-state index contributed by atoms with van der Waals surface area (Å²) in [5.41, 5.74) is 5.46. The molecule has 0 aromatic heterocycles. The number of hydrogen-bond acceptors (Lipinski definition) is 4. The maximum atomic E-state index is 12.2. The van der Waals surface area contributed by atoms with Gasteiger partial charge in [0.25, 0.3) is 0 Å². The average Bonchev–Trinajstić information content (AvgIpc) is 2.35. The maximum absolute atomic E-state index is 12.2. The monoisotopic (exact) mass is 300 g/mol. The van der Waals surface area contributed by atoms with Crippen LogP contribution in [0.4, 0.5) is 5.69 Å². The Balaban J connectivity index is 3.09. The van der Waals surface area contributed by atoms with Crippen LogP contribution in [-0.2, 0) is 10.0 Å².